The van der Waals surface area contributed by atoms with E-state index < -0.39 is 0 Å². The lowest BCUT2D eigenvalue weighted by Gasteiger charge is -2.15. The topological polar surface area (TPSA) is 75.2 Å². The van der Waals surface area contributed by atoms with Crippen LogP contribution in [0, 0.1) is 24.3 Å². The molecule has 2 aromatic carbocycles. The summed E-state index contributed by atoms with van der Waals surface area (Å²) in [5, 5.41) is 9.48. The highest BCUT2D eigenvalue weighted by Gasteiger charge is 2.53. The second-order valence-corrected chi connectivity index (χ2v) is 12.2. The van der Waals surface area contributed by atoms with Crippen LogP contribution in [0.2, 0.25) is 0 Å². The van der Waals surface area contributed by atoms with Crippen molar-refractivity contribution in [2.75, 3.05) is 18.5 Å². The molecule has 6 rings (SSSR count). The second kappa shape index (κ2) is 17.0. The molecule has 2 aliphatic rings. The standard InChI is InChI=1S/C15H19N3.C10H7N3.C5H11Br.C4H8O/c1-11(2)14-10-15(14,16)12-5-3-6-13(9-12)18-8-4-7-17-18;1-11-9-4-2-5-10(8-9)13-7-3-6-12-13;1-5(2)3-4-6;1-2-4-5-3-1/h3-9,11,14H,10,16H2,1-2H3;2-8H;5H,3-4H2,1-2H3;1-4H2. The van der Waals surface area contributed by atoms with Crippen molar-refractivity contribution in [2.45, 2.75) is 58.9 Å². The Bertz CT molecular complexity index is 1340. The van der Waals surface area contributed by atoms with E-state index in [-0.39, 0.29) is 5.54 Å². The Morgan fingerprint density at radius 2 is 1.55 bits per heavy atom. The maximum Gasteiger partial charge on any atom is 0.189 e. The van der Waals surface area contributed by atoms with Crippen molar-refractivity contribution in [3.05, 3.63) is 102 Å². The highest BCUT2D eigenvalue weighted by molar-refractivity contribution is 9.09. The summed E-state index contributed by atoms with van der Waals surface area (Å²) in [5.41, 5.74) is 10.2. The number of ether oxygens (including phenoxy) is 1. The molecule has 0 radical (unpaired) electrons. The van der Waals surface area contributed by atoms with Gasteiger partial charge in [-0.15, -0.1) is 0 Å². The van der Waals surface area contributed by atoms with E-state index in [4.69, 9.17) is 17.0 Å². The molecule has 1 saturated carbocycles. The zero-order chi connectivity index (χ0) is 30.4. The molecule has 8 heteroatoms. The van der Waals surface area contributed by atoms with Gasteiger partial charge in [0.15, 0.2) is 5.69 Å². The Labute approximate surface area is 260 Å². The third kappa shape index (κ3) is 10.2. The molecular weight excluding hydrogens is 588 g/mol. The Morgan fingerprint density at radius 1 is 0.952 bits per heavy atom. The summed E-state index contributed by atoms with van der Waals surface area (Å²) in [7, 11) is 0. The molecule has 42 heavy (non-hydrogen) atoms. The van der Waals surface area contributed by atoms with Gasteiger partial charge in [-0.05, 0) is 85.4 Å². The number of halogens is 1. The van der Waals surface area contributed by atoms with Gasteiger partial charge in [0.2, 0.25) is 0 Å². The number of benzene rings is 2. The molecule has 1 aliphatic carbocycles. The predicted molar refractivity (Wildman–Crippen MR) is 176 cm³/mol. The van der Waals surface area contributed by atoms with Crippen LogP contribution in [0.25, 0.3) is 16.2 Å². The SMILES string of the molecule is C1CCOC1.CC(C)C1CC1(N)c1cccc(-n2cccn2)c1.CC(C)CCBr.[C-]#[N+]c1cccc(-n2cccn2)c1. The van der Waals surface area contributed by atoms with Crippen LogP contribution >= 0.6 is 15.9 Å². The lowest BCUT2D eigenvalue weighted by Crippen LogP contribution is -2.24. The van der Waals surface area contributed by atoms with Gasteiger partial charge >= 0.3 is 0 Å². The van der Waals surface area contributed by atoms with Crippen molar-refractivity contribution in [3.63, 3.8) is 0 Å². The Morgan fingerprint density at radius 3 is 1.95 bits per heavy atom. The molecule has 2 fully saturated rings. The Balaban J connectivity index is 0.000000175. The van der Waals surface area contributed by atoms with Crippen LogP contribution in [0.1, 0.15) is 58.9 Å². The fraction of sp³-hybridized carbons (Fsp3) is 0.441. The lowest BCUT2D eigenvalue weighted by atomic mass is 9.97. The van der Waals surface area contributed by atoms with Crippen LogP contribution in [0.4, 0.5) is 5.69 Å². The zero-order valence-electron chi connectivity index (χ0n) is 25.4. The first kappa shape index (κ1) is 33.3. The minimum Gasteiger partial charge on any atom is -0.381 e. The molecule has 2 atom stereocenters. The maximum absolute atomic E-state index is 6.86. The molecule has 3 heterocycles. The molecule has 1 saturated heterocycles. The first-order valence-electron chi connectivity index (χ1n) is 14.8. The summed E-state index contributed by atoms with van der Waals surface area (Å²) in [6.45, 7) is 17.8. The number of nitrogens with zero attached hydrogens (tertiary/aromatic N) is 5. The molecule has 0 amide bonds. The van der Waals surface area contributed by atoms with Crippen molar-refractivity contribution in [2.24, 2.45) is 23.5 Å². The van der Waals surface area contributed by atoms with Crippen LogP contribution in [0.15, 0.2) is 85.5 Å². The van der Waals surface area contributed by atoms with Gasteiger partial charge in [-0.2, -0.15) is 10.2 Å². The van der Waals surface area contributed by atoms with Gasteiger partial charge in [-0.25, -0.2) is 14.2 Å². The van der Waals surface area contributed by atoms with Gasteiger partial charge in [0.25, 0.3) is 0 Å². The first-order valence-corrected chi connectivity index (χ1v) is 15.9. The van der Waals surface area contributed by atoms with Gasteiger partial charge in [-0.3, -0.25) is 0 Å². The fourth-order valence-electron chi connectivity index (χ4n) is 4.68. The van der Waals surface area contributed by atoms with Crippen LogP contribution in [0.3, 0.4) is 0 Å². The number of hydrogen-bond donors (Lipinski definition) is 1. The van der Waals surface area contributed by atoms with Crippen molar-refractivity contribution in [1.29, 1.82) is 0 Å². The molecule has 7 nitrogen and oxygen atoms in total. The summed E-state index contributed by atoms with van der Waals surface area (Å²) in [6.07, 6.45) is 12.2. The highest BCUT2D eigenvalue weighted by atomic mass is 79.9. The third-order valence-electron chi connectivity index (χ3n) is 7.26. The molecule has 2 aromatic heterocycles. The van der Waals surface area contributed by atoms with Crippen molar-refractivity contribution in [1.82, 2.24) is 19.6 Å². The minimum atomic E-state index is -0.128. The largest absolute Gasteiger partial charge is 0.381 e. The van der Waals surface area contributed by atoms with Crippen LogP contribution in [-0.4, -0.2) is 38.1 Å². The van der Waals surface area contributed by atoms with Gasteiger partial charge < -0.3 is 10.5 Å². The molecule has 2 unspecified atom stereocenters. The summed E-state index contributed by atoms with van der Waals surface area (Å²) in [6, 6.07) is 19.6. The average molecular weight is 634 g/mol. The third-order valence-corrected chi connectivity index (χ3v) is 7.72. The van der Waals surface area contributed by atoms with Gasteiger partial charge in [0.05, 0.1) is 17.9 Å². The lowest BCUT2D eigenvalue weighted by molar-refractivity contribution is 0.198. The minimum absolute atomic E-state index is 0.128. The fourth-order valence-corrected chi connectivity index (χ4v) is 5.60. The maximum atomic E-state index is 6.86. The van der Waals surface area contributed by atoms with E-state index in [1.807, 2.05) is 41.3 Å². The molecule has 0 spiro atoms. The zero-order valence-corrected chi connectivity index (χ0v) is 27.0. The average Bonchev–Trinajstić information content (AvgIpc) is 3.62. The van der Waals surface area contributed by atoms with Crippen molar-refractivity contribution in [3.8, 4) is 11.4 Å². The van der Waals surface area contributed by atoms with E-state index in [1.54, 1.807) is 29.2 Å². The molecule has 4 aromatic rings. The number of nitrogens with two attached hydrogens (primary N) is 1. The molecule has 2 N–H and O–H groups in total. The molecular formula is C34H45BrN6O. The molecule has 0 bridgehead atoms. The highest BCUT2D eigenvalue weighted by Crippen LogP contribution is 2.53. The molecule has 1 aliphatic heterocycles. The van der Waals surface area contributed by atoms with Crippen molar-refractivity contribution >= 4 is 21.6 Å². The van der Waals surface area contributed by atoms with E-state index in [1.165, 1.54) is 24.8 Å². The summed E-state index contributed by atoms with van der Waals surface area (Å²) in [5.74, 6) is 2.10. The Kier molecular flexibility index (Phi) is 13.5. The van der Waals surface area contributed by atoms with Crippen LogP contribution < -0.4 is 5.73 Å². The summed E-state index contributed by atoms with van der Waals surface area (Å²) in [4.78, 5) is 3.35. The summed E-state index contributed by atoms with van der Waals surface area (Å²) >= 11 is 3.35. The van der Waals surface area contributed by atoms with E-state index in [0.717, 1.165) is 42.3 Å². The quantitative estimate of drug-likeness (QED) is 0.171. The second-order valence-electron chi connectivity index (χ2n) is 11.4. The smallest absolute Gasteiger partial charge is 0.189 e. The van der Waals surface area contributed by atoms with Crippen LogP contribution in [-0.2, 0) is 10.3 Å². The predicted octanol–water partition coefficient (Wildman–Crippen LogP) is 8.35. The van der Waals surface area contributed by atoms with E-state index in [2.05, 4.69) is 82.9 Å². The number of rotatable bonds is 6. The number of aromatic nitrogens is 4. The van der Waals surface area contributed by atoms with E-state index in [9.17, 15) is 0 Å². The van der Waals surface area contributed by atoms with Crippen molar-refractivity contribution < 1.29 is 4.74 Å². The number of alkyl halides is 1. The van der Waals surface area contributed by atoms with Gasteiger partial charge in [0.1, 0.15) is 0 Å². The van der Waals surface area contributed by atoms with E-state index in [0.29, 0.717) is 17.5 Å². The monoisotopic (exact) mass is 632 g/mol. The van der Waals surface area contributed by atoms with E-state index >= 15 is 0 Å². The molecule has 224 valence electrons. The van der Waals surface area contributed by atoms with Crippen LogP contribution in [0.5, 0.6) is 0 Å². The Hall–Kier alpha value is -3.25. The summed E-state index contributed by atoms with van der Waals surface area (Å²) < 4.78 is 8.55. The van der Waals surface area contributed by atoms with Gasteiger partial charge in [-0.1, -0.05) is 67.9 Å². The van der Waals surface area contributed by atoms with Gasteiger partial charge in [0, 0.05) is 48.9 Å². The normalized spacial score (nSPS) is 18.6. The first-order chi connectivity index (χ1) is 20.3. The number of hydrogen-bond acceptors (Lipinski definition) is 4.